The summed E-state index contributed by atoms with van der Waals surface area (Å²) in [6, 6.07) is 15.6. The fourth-order valence-corrected chi connectivity index (χ4v) is 4.53. The number of hydrogen-bond donors (Lipinski definition) is 1. The Morgan fingerprint density at radius 3 is 2.73 bits per heavy atom. The van der Waals surface area contributed by atoms with Gasteiger partial charge in [0, 0.05) is 22.0 Å². The first-order valence-corrected chi connectivity index (χ1v) is 11.4. The third kappa shape index (κ3) is 4.75. The minimum absolute atomic E-state index is 0.100. The van der Waals surface area contributed by atoms with Crippen LogP contribution in [0.5, 0.6) is 5.75 Å². The number of rotatable bonds is 7. The lowest BCUT2D eigenvalue weighted by molar-refractivity contribution is -0.115. The summed E-state index contributed by atoms with van der Waals surface area (Å²) in [6.07, 6.45) is 0.216. The van der Waals surface area contributed by atoms with Crippen LogP contribution in [-0.4, -0.2) is 22.5 Å². The molecule has 0 fully saturated rings. The number of benzene rings is 2. The number of thiazole rings is 2. The molecule has 4 aromatic rings. The number of ether oxygens (including phenoxy) is 1. The average molecular weight is 436 g/mol. The van der Waals surface area contributed by atoms with Crippen molar-refractivity contribution in [3.8, 4) is 27.6 Å². The fourth-order valence-electron chi connectivity index (χ4n) is 3.06. The van der Waals surface area contributed by atoms with Gasteiger partial charge in [0.25, 0.3) is 0 Å². The molecule has 0 aliphatic heterocycles. The molecule has 2 aromatic heterocycles. The lowest BCUT2D eigenvalue weighted by atomic mass is 10.1. The standard InChI is InChI=1S/C23H21N3O2S2/c1-3-28-21-10-5-4-9-19(21)23-26-18(13-30-23)12-22(27)25-17-8-6-7-16(11-17)20-14-29-15(2)24-20/h4-11,13-14H,3,12H2,1-2H3,(H,25,27). The van der Waals surface area contributed by atoms with Crippen molar-refractivity contribution in [3.63, 3.8) is 0 Å². The van der Waals surface area contributed by atoms with Crippen molar-refractivity contribution in [2.24, 2.45) is 0 Å². The van der Waals surface area contributed by atoms with Crippen LogP contribution in [-0.2, 0) is 11.2 Å². The van der Waals surface area contributed by atoms with Crippen LogP contribution in [0.25, 0.3) is 21.8 Å². The van der Waals surface area contributed by atoms with Gasteiger partial charge in [-0.3, -0.25) is 4.79 Å². The van der Waals surface area contributed by atoms with E-state index in [1.807, 2.05) is 73.1 Å². The maximum atomic E-state index is 12.6. The maximum Gasteiger partial charge on any atom is 0.230 e. The highest BCUT2D eigenvalue weighted by Gasteiger charge is 2.13. The molecule has 5 nitrogen and oxygen atoms in total. The smallest absolute Gasteiger partial charge is 0.230 e. The van der Waals surface area contributed by atoms with Gasteiger partial charge in [0.05, 0.1) is 35.0 Å². The minimum atomic E-state index is -0.100. The van der Waals surface area contributed by atoms with E-state index in [9.17, 15) is 4.79 Å². The molecule has 1 N–H and O–H groups in total. The number of aromatic nitrogens is 2. The summed E-state index contributed by atoms with van der Waals surface area (Å²) in [5.74, 6) is 0.705. The van der Waals surface area contributed by atoms with Gasteiger partial charge in [-0.25, -0.2) is 9.97 Å². The van der Waals surface area contributed by atoms with E-state index < -0.39 is 0 Å². The van der Waals surface area contributed by atoms with E-state index in [0.717, 1.165) is 44.0 Å². The van der Waals surface area contributed by atoms with Gasteiger partial charge in [-0.15, -0.1) is 22.7 Å². The average Bonchev–Trinajstić information content (AvgIpc) is 3.38. The zero-order valence-electron chi connectivity index (χ0n) is 16.7. The van der Waals surface area contributed by atoms with Crippen molar-refractivity contribution in [2.75, 3.05) is 11.9 Å². The molecular weight excluding hydrogens is 414 g/mol. The zero-order valence-corrected chi connectivity index (χ0v) is 18.3. The third-order valence-electron chi connectivity index (χ3n) is 4.37. The number of para-hydroxylation sites is 1. The molecule has 0 bridgehead atoms. The molecule has 0 saturated carbocycles. The predicted molar refractivity (Wildman–Crippen MR) is 123 cm³/mol. The van der Waals surface area contributed by atoms with Gasteiger partial charge in [-0.2, -0.15) is 0 Å². The molecule has 30 heavy (non-hydrogen) atoms. The van der Waals surface area contributed by atoms with Gasteiger partial charge >= 0.3 is 0 Å². The van der Waals surface area contributed by atoms with Crippen molar-refractivity contribution in [3.05, 3.63) is 70.0 Å². The Kier molecular flexibility index (Phi) is 6.21. The molecule has 0 atom stereocenters. The molecule has 152 valence electrons. The van der Waals surface area contributed by atoms with Gasteiger partial charge in [0.15, 0.2) is 0 Å². The number of nitrogens with zero attached hydrogens (tertiary/aromatic N) is 2. The minimum Gasteiger partial charge on any atom is -0.493 e. The fraction of sp³-hybridized carbons (Fsp3) is 0.174. The van der Waals surface area contributed by atoms with Gasteiger partial charge < -0.3 is 10.1 Å². The van der Waals surface area contributed by atoms with Gasteiger partial charge in [-0.1, -0.05) is 24.3 Å². The molecule has 0 saturated heterocycles. The summed E-state index contributed by atoms with van der Waals surface area (Å²) >= 11 is 3.13. The largest absolute Gasteiger partial charge is 0.493 e. The third-order valence-corrected chi connectivity index (χ3v) is 6.07. The highest BCUT2D eigenvalue weighted by Crippen LogP contribution is 2.32. The molecule has 0 unspecified atom stereocenters. The lowest BCUT2D eigenvalue weighted by Gasteiger charge is -2.07. The van der Waals surface area contributed by atoms with Crippen molar-refractivity contribution in [2.45, 2.75) is 20.3 Å². The number of hydrogen-bond acceptors (Lipinski definition) is 6. The maximum absolute atomic E-state index is 12.6. The Balaban J connectivity index is 1.44. The van der Waals surface area contributed by atoms with Crippen LogP contribution in [0.1, 0.15) is 17.6 Å². The summed E-state index contributed by atoms with van der Waals surface area (Å²) in [6.45, 7) is 4.53. The molecule has 4 rings (SSSR count). The van der Waals surface area contributed by atoms with Crippen LogP contribution in [0.2, 0.25) is 0 Å². The molecule has 2 heterocycles. The molecule has 1 amide bonds. The van der Waals surface area contributed by atoms with Crippen LogP contribution < -0.4 is 10.1 Å². The van der Waals surface area contributed by atoms with Crippen LogP contribution in [0.3, 0.4) is 0 Å². The van der Waals surface area contributed by atoms with Crippen molar-refractivity contribution in [1.29, 1.82) is 0 Å². The number of carbonyl (C=O) groups is 1. The normalized spacial score (nSPS) is 10.7. The Morgan fingerprint density at radius 2 is 1.93 bits per heavy atom. The Morgan fingerprint density at radius 1 is 1.07 bits per heavy atom. The second-order valence-electron chi connectivity index (χ2n) is 6.63. The zero-order chi connectivity index (χ0) is 20.9. The van der Waals surface area contributed by atoms with E-state index in [2.05, 4.69) is 15.3 Å². The number of amides is 1. The number of aryl methyl sites for hydroxylation is 1. The number of nitrogens with one attached hydrogen (secondary N) is 1. The number of carbonyl (C=O) groups excluding carboxylic acids is 1. The summed E-state index contributed by atoms with van der Waals surface area (Å²) < 4.78 is 5.69. The monoisotopic (exact) mass is 435 g/mol. The topological polar surface area (TPSA) is 64.1 Å². The van der Waals surface area contributed by atoms with E-state index in [1.54, 1.807) is 11.3 Å². The van der Waals surface area contributed by atoms with Gasteiger partial charge in [0.1, 0.15) is 10.8 Å². The molecule has 7 heteroatoms. The van der Waals surface area contributed by atoms with Crippen molar-refractivity contribution >= 4 is 34.3 Å². The highest BCUT2D eigenvalue weighted by atomic mass is 32.1. The van der Waals surface area contributed by atoms with E-state index >= 15 is 0 Å². The molecule has 0 spiro atoms. The number of anilines is 1. The van der Waals surface area contributed by atoms with Crippen molar-refractivity contribution in [1.82, 2.24) is 9.97 Å². The van der Waals surface area contributed by atoms with Crippen molar-refractivity contribution < 1.29 is 9.53 Å². The summed E-state index contributed by atoms with van der Waals surface area (Å²) in [5.41, 5.74) is 4.35. The van der Waals surface area contributed by atoms with Crippen LogP contribution >= 0.6 is 22.7 Å². The molecular formula is C23H21N3O2S2. The first-order valence-electron chi connectivity index (χ1n) is 9.61. The van der Waals surface area contributed by atoms with Crippen LogP contribution in [0.15, 0.2) is 59.3 Å². The first kappa shape index (κ1) is 20.3. The Labute approximate surface area is 183 Å². The second-order valence-corrected chi connectivity index (χ2v) is 8.55. The SMILES string of the molecule is CCOc1ccccc1-c1nc(CC(=O)Nc2cccc(-c3csc(C)n3)c2)cs1. The molecule has 0 radical (unpaired) electrons. The van der Waals surface area contributed by atoms with E-state index in [0.29, 0.717) is 6.61 Å². The van der Waals surface area contributed by atoms with E-state index in [1.165, 1.54) is 11.3 Å². The molecule has 0 aliphatic rings. The van der Waals surface area contributed by atoms with E-state index in [-0.39, 0.29) is 12.3 Å². The molecule has 2 aromatic carbocycles. The van der Waals surface area contributed by atoms with Crippen LogP contribution in [0.4, 0.5) is 5.69 Å². The van der Waals surface area contributed by atoms with Gasteiger partial charge in [0.2, 0.25) is 5.91 Å². The van der Waals surface area contributed by atoms with E-state index in [4.69, 9.17) is 4.74 Å². The summed E-state index contributed by atoms with van der Waals surface area (Å²) in [7, 11) is 0. The van der Waals surface area contributed by atoms with Crippen LogP contribution in [0, 0.1) is 6.92 Å². The molecule has 0 aliphatic carbocycles. The second kappa shape index (κ2) is 9.19. The Hall–Kier alpha value is -3.03. The highest BCUT2D eigenvalue weighted by molar-refractivity contribution is 7.13. The lowest BCUT2D eigenvalue weighted by Crippen LogP contribution is -2.14. The predicted octanol–water partition coefficient (Wildman–Crippen LogP) is 5.82. The quantitative estimate of drug-likeness (QED) is 0.397. The Bertz CT molecular complexity index is 1170. The van der Waals surface area contributed by atoms with Gasteiger partial charge in [-0.05, 0) is 38.1 Å². The summed E-state index contributed by atoms with van der Waals surface area (Å²) in [4.78, 5) is 21.7. The summed E-state index contributed by atoms with van der Waals surface area (Å²) in [5, 5.41) is 8.78. The first-order chi connectivity index (χ1) is 14.6.